The van der Waals surface area contributed by atoms with Crippen LogP contribution in [-0.4, -0.2) is 48.7 Å². The molecule has 0 bridgehead atoms. The van der Waals surface area contributed by atoms with E-state index in [4.69, 9.17) is 14.3 Å². The van der Waals surface area contributed by atoms with E-state index in [-0.39, 0.29) is 36.9 Å². The van der Waals surface area contributed by atoms with Gasteiger partial charge in [-0.15, -0.1) is 0 Å². The normalized spacial score (nSPS) is 14.1. The minimum absolute atomic E-state index is 0.0937. The number of β-amino-alcohol motifs (C(OH)–C–C–N with tert-alkyl or cyclic N) is 1. The first kappa shape index (κ1) is 17.8. The van der Waals surface area contributed by atoms with Crippen molar-refractivity contribution in [1.29, 1.82) is 0 Å². The quantitative estimate of drug-likeness (QED) is 0.769. The highest BCUT2D eigenvalue weighted by molar-refractivity contribution is 6.09. The van der Waals surface area contributed by atoms with Gasteiger partial charge >= 0.3 is 5.97 Å². The van der Waals surface area contributed by atoms with Crippen molar-refractivity contribution in [3.63, 3.8) is 0 Å². The third-order valence-corrected chi connectivity index (χ3v) is 4.15. The summed E-state index contributed by atoms with van der Waals surface area (Å²) in [6.45, 7) is 1.90. The zero-order valence-electron chi connectivity index (χ0n) is 14.6. The maximum atomic E-state index is 12.6. The Morgan fingerprint density at radius 3 is 2.73 bits per heavy atom. The summed E-state index contributed by atoms with van der Waals surface area (Å²) >= 11 is 0. The average Bonchev–Trinajstić information content (AvgIpc) is 3.20. The monoisotopic (exact) mass is 356 g/mol. The number of hydrogen-bond acceptors (Lipinski definition) is 6. The number of aliphatic hydroxyl groups excluding tert-OH is 1. The molecule has 0 radical (unpaired) electrons. The van der Waals surface area contributed by atoms with E-state index in [1.807, 2.05) is 37.3 Å². The topological polar surface area (TPSA) is 92.0 Å². The summed E-state index contributed by atoms with van der Waals surface area (Å²) in [5.41, 5.74) is 1.79. The van der Waals surface area contributed by atoms with Gasteiger partial charge < -0.3 is 24.5 Å². The Hall–Kier alpha value is -3.06. The number of aliphatic hydroxyl groups is 1. The number of anilines is 1. The van der Waals surface area contributed by atoms with Crippen LogP contribution in [0.3, 0.4) is 0 Å². The van der Waals surface area contributed by atoms with Crippen LogP contribution in [0, 0.1) is 6.92 Å². The molecule has 0 atom stereocenters. The number of furan rings is 1. The maximum absolute atomic E-state index is 12.6. The summed E-state index contributed by atoms with van der Waals surface area (Å²) in [4.78, 5) is 26.1. The van der Waals surface area contributed by atoms with Gasteiger partial charge in [-0.25, -0.2) is 4.79 Å². The van der Waals surface area contributed by atoms with Gasteiger partial charge in [0.2, 0.25) is 0 Å². The Morgan fingerprint density at radius 2 is 2.08 bits per heavy atom. The standard InChI is InChI=1S/C19H20N2O5/c1-12-7-8-16(26-12)13-5-3-4-6-15(13)20-17-14(19(24)25-2)11-21(9-10-22)18(17)23/h3-8,20,22H,9-11H2,1-2H3. The number of rotatable bonds is 6. The van der Waals surface area contributed by atoms with E-state index in [0.29, 0.717) is 11.4 Å². The fourth-order valence-corrected chi connectivity index (χ4v) is 2.87. The molecule has 3 rings (SSSR count). The molecule has 1 aliphatic rings. The number of hydrogen-bond donors (Lipinski definition) is 2. The summed E-state index contributed by atoms with van der Waals surface area (Å²) in [5.74, 6) is 0.497. The zero-order chi connectivity index (χ0) is 18.7. The third kappa shape index (κ3) is 3.34. The highest BCUT2D eigenvalue weighted by Crippen LogP contribution is 2.32. The number of aryl methyl sites for hydroxylation is 1. The van der Waals surface area contributed by atoms with E-state index in [2.05, 4.69) is 5.32 Å². The van der Waals surface area contributed by atoms with Gasteiger partial charge in [-0.05, 0) is 31.2 Å². The summed E-state index contributed by atoms with van der Waals surface area (Å²) in [6, 6.07) is 11.1. The third-order valence-electron chi connectivity index (χ3n) is 4.15. The molecule has 26 heavy (non-hydrogen) atoms. The molecule has 0 aliphatic carbocycles. The highest BCUT2D eigenvalue weighted by Gasteiger charge is 2.34. The van der Waals surface area contributed by atoms with Crippen LogP contribution in [0.2, 0.25) is 0 Å². The van der Waals surface area contributed by atoms with Crippen LogP contribution in [-0.2, 0) is 14.3 Å². The van der Waals surface area contributed by atoms with E-state index < -0.39 is 5.97 Å². The number of carbonyl (C=O) groups is 2. The largest absolute Gasteiger partial charge is 0.466 e. The predicted octanol–water partition coefficient (Wildman–Crippen LogP) is 1.93. The molecule has 7 heteroatoms. The molecule has 7 nitrogen and oxygen atoms in total. The van der Waals surface area contributed by atoms with E-state index in [1.54, 1.807) is 6.07 Å². The molecule has 1 amide bonds. The van der Waals surface area contributed by atoms with E-state index in [9.17, 15) is 9.59 Å². The Kier molecular flexibility index (Phi) is 5.09. The Labute approximate surface area is 150 Å². The number of methoxy groups -OCH3 is 1. The summed E-state index contributed by atoms with van der Waals surface area (Å²) in [7, 11) is 1.27. The van der Waals surface area contributed by atoms with Gasteiger partial charge in [-0.2, -0.15) is 0 Å². The molecule has 0 saturated heterocycles. The number of nitrogens with zero attached hydrogens (tertiary/aromatic N) is 1. The Balaban J connectivity index is 1.98. The van der Waals surface area contributed by atoms with Crippen molar-refractivity contribution >= 4 is 17.6 Å². The van der Waals surface area contributed by atoms with Crippen LogP contribution in [0.5, 0.6) is 0 Å². The van der Waals surface area contributed by atoms with Crippen molar-refractivity contribution in [3.8, 4) is 11.3 Å². The molecule has 0 unspecified atom stereocenters. The minimum Gasteiger partial charge on any atom is -0.466 e. The Bertz CT molecular complexity index is 868. The lowest BCUT2D eigenvalue weighted by molar-refractivity contribution is -0.136. The number of esters is 1. The van der Waals surface area contributed by atoms with Gasteiger partial charge in [0.1, 0.15) is 17.2 Å². The van der Waals surface area contributed by atoms with Crippen LogP contribution in [0.4, 0.5) is 5.69 Å². The smallest absolute Gasteiger partial charge is 0.337 e. The number of benzene rings is 1. The second kappa shape index (κ2) is 7.45. The fraction of sp³-hybridized carbons (Fsp3) is 0.263. The molecular weight excluding hydrogens is 336 g/mol. The van der Waals surface area contributed by atoms with Crippen molar-refractivity contribution in [3.05, 3.63) is 53.4 Å². The van der Waals surface area contributed by atoms with Crippen molar-refractivity contribution in [2.24, 2.45) is 0 Å². The van der Waals surface area contributed by atoms with Crippen LogP contribution in [0.15, 0.2) is 52.1 Å². The summed E-state index contributed by atoms with van der Waals surface area (Å²) < 4.78 is 10.5. The predicted molar refractivity (Wildman–Crippen MR) is 95.2 cm³/mol. The van der Waals surface area contributed by atoms with Crippen molar-refractivity contribution in [2.75, 3.05) is 32.1 Å². The highest BCUT2D eigenvalue weighted by atomic mass is 16.5. The number of para-hydroxylation sites is 1. The van der Waals surface area contributed by atoms with Gasteiger partial charge in [-0.1, -0.05) is 12.1 Å². The lowest BCUT2D eigenvalue weighted by Gasteiger charge is -2.15. The molecule has 1 aromatic heterocycles. The molecule has 0 spiro atoms. The number of amides is 1. The number of ether oxygens (including phenoxy) is 1. The second-order valence-corrected chi connectivity index (χ2v) is 5.88. The van der Waals surface area contributed by atoms with Crippen LogP contribution in [0.1, 0.15) is 5.76 Å². The molecule has 1 aliphatic heterocycles. The Morgan fingerprint density at radius 1 is 1.31 bits per heavy atom. The molecule has 1 aromatic carbocycles. The first-order valence-electron chi connectivity index (χ1n) is 8.19. The molecule has 2 aromatic rings. The van der Waals surface area contributed by atoms with Gasteiger partial charge in [0.05, 0.1) is 25.8 Å². The van der Waals surface area contributed by atoms with Crippen LogP contribution in [0.25, 0.3) is 11.3 Å². The fourth-order valence-electron chi connectivity index (χ4n) is 2.87. The van der Waals surface area contributed by atoms with E-state index >= 15 is 0 Å². The molecule has 2 heterocycles. The van der Waals surface area contributed by atoms with E-state index in [0.717, 1.165) is 11.3 Å². The summed E-state index contributed by atoms with van der Waals surface area (Å²) in [5, 5.41) is 12.2. The summed E-state index contributed by atoms with van der Waals surface area (Å²) in [6.07, 6.45) is 0. The minimum atomic E-state index is -0.576. The van der Waals surface area contributed by atoms with Crippen molar-refractivity contribution in [2.45, 2.75) is 6.92 Å². The average molecular weight is 356 g/mol. The first-order chi connectivity index (χ1) is 12.5. The molecule has 136 valence electrons. The SMILES string of the molecule is COC(=O)C1=C(Nc2ccccc2-c2ccc(C)o2)C(=O)N(CCO)C1. The van der Waals surface area contributed by atoms with Crippen molar-refractivity contribution in [1.82, 2.24) is 4.90 Å². The van der Waals surface area contributed by atoms with Gasteiger partial charge in [-0.3, -0.25) is 4.79 Å². The lowest BCUT2D eigenvalue weighted by atomic mass is 10.1. The molecule has 0 fully saturated rings. The zero-order valence-corrected chi connectivity index (χ0v) is 14.6. The second-order valence-electron chi connectivity index (χ2n) is 5.88. The van der Waals surface area contributed by atoms with Gasteiger partial charge in [0, 0.05) is 17.8 Å². The van der Waals surface area contributed by atoms with Crippen LogP contribution >= 0.6 is 0 Å². The lowest BCUT2D eigenvalue weighted by Crippen LogP contribution is -2.31. The van der Waals surface area contributed by atoms with Crippen LogP contribution < -0.4 is 5.32 Å². The molecule has 0 saturated carbocycles. The first-order valence-corrected chi connectivity index (χ1v) is 8.19. The molecular formula is C19H20N2O5. The van der Waals surface area contributed by atoms with Gasteiger partial charge in [0.15, 0.2) is 0 Å². The maximum Gasteiger partial charge on any atom is 0.337 e. The van der Waals surface area contributed by atoms with E-state index in [1.165, 1.54) is 12.0 Å². The van der Waals surface area contributed by atoms with Crippen molar-refractivity contribution < 1.29 is 23.8 Å². The number of nitrogens with one attached hydrogen (secondary N) is 1. The van der Waals surface area contributed by atoms with Gasteiger partial charge in [0.25, 0.3) is 5.91 Å². The number of carbonyl (C=O) groups excluding carboxylic acids is 2. The molecule has 2 N–H and O–H groups in total.